The number of carbonyl (C=O) groups is 1. The number of rotatable bonds is 8. The summed E-state index contributed by atoms with van der Waals surface area (Å²) in [7, 11) is 1.57. The highest BCUT2D eigenvalue weighted by atomic mass is 32.2. The van der Waals surface area contributed by atoms with E-state index in [0.29, 0.717) is 11.5 Å². The summed E-state index contributed by atoms with van der Waals surface area (Å²) in [6.07, 6.45) is -0.649. The molecule has 4 nitrogen and oxygen atoms in total. The number of benzene rings is 3. The number of para-hydroxylation sites is 2. The molecule has 0 heterocycles. The van der Waals surface area contributed by atoms with Gasteiger partial charge in [0.05, 0.1) is 7.11 Å². The summed E-state index contributed by atoms with van der Waals surface area (Å²) in [5.74, 6) is 1.81. The number of hydrogen-bond acceptors (Lipinski definition) is 4. The monoisotopic (exact) mass is 393 g/mol. The Kier molecular flexibility index (Phi) is 6.98. The van der Waals surface area contributed by atoms with Crippen molar-refractivity contribution >= 4 is 23.4 Å². The van der Waals surface area contributed by atoms with Gasteiger partial charge in [-0.15, -0.1) is 11.8 Å². The molecule has 144 valence electrons. The molecule has 3 rings (SSSR count). The van der Waals surface area contributed by atoms with Crippen LogP contribution in [-0.4, -0.2) is 19.1 Å². The van der Waals surface area contributed by atoms with Crippen LogP contribution in [0.1, 0.15) is 12.5 Å². The lowest BCUT2D eigenvalue weighted by molar-refractivity contribution is -0.122. The van der Waals surface area contributed by atoms with Gasteiger partial charge in [0, 0.05) is 16.3 Å². The van der Waals surface area contributed by atoms with Gasteiger partial charge in [-0.25, -0.2) is 0 Å². The maximum Gasteiger partial charge on any atom is 0.265 e. The number of methoxy groups -OCH3 is 1. The predicted molar refractivity (Wildman–Crippen MR) is 114 cm³/mol. The average Bonchev–Trinajstić information content (AvgIpc) is 2.74. The molecule has 28 heavy (non-hydrogen) atoms. The zero-order valence-corrected chi connectivity index (χ0v) is 16.7. The van der Waals surface area contributed by atoms with Crippen molar-refractivity contribution in [2.45, 2.75) is 23.7 Å². The van der Waals surface area contributed by atoms with E-state index >= 15 is 0 Å². The fourth-order valence-electron chi connectivity index (χ4n) is 2.57. The third-order valence-electron chi connectivity index (χ3n) is 4.11. The second-order valence-corrected chi connectivity index (χ2v) is 7.25. The highest BCUT2D eigenvalue weighted by Gasteiger charge is 2.16. The van der Waals surface area contributed by atoms with Gasteiger partial charge in [-0.1, -0.05) is 42.5 Å². The summed E-state index contributed by atoms with van der Waals surface area (Å²) in [4.78, 5) is 13.7. The first-order valence-corrected chi connectivity index (χ1v) is 10.0. The molecule has 0 unspecified atom stereocenters. The highest BCUT2D eigenvalue weighted by molar-refractivity contribution is 7.98. The van der Waals surface area contributed by atoms with E-state index in [1.165, 1.54) is 10.5 Å². The molecule has 0 aliphatic carbocycles. The molecule has 0 bridgehead atoms. The Morgan fingerprint density at radius 2 is 1.57 bits per heavy atom. The van der Waals surface area contributed by atoms with Crippen LogP contribution in [0.2, 0.25) is 0 Å². The van der Waals surface area contributed by atoms with Gasteiger partial charge >= 0.3 is 0 Å². The maximum absolute atomic E-state index is 12.4. The van der Waals surface area contributed by atoms with E-state index in [2.05, 4.69) is 17.4 Å². The molecule has 0 fully saturated rings. The van der Waals surface area contributed by atoms with Gasteiger partial charge in [-0.3, -0.25) is 4.79 Å². The Morgan fingerprint density at radius 3 is 2.25 bits per heavy atom. The van der Waals surface area contributed by atoms with Crippen molar-refractivity contribution in [2.24, 2.45) is 0 Å². The Hall–Kier alpha value is -2.92. The normalized spacial score (nSPS) is 11.5. The number of amides is 1. The minimum Gasteiger partial charge on any atom is -0.493 e. The lowest BCUT2D eigenvalue weighted by Gasteiger charge is -2.16. The van der Waals surface area contributed by atoms with Crippen LogP contribution in [0.25, 0.3) is 0 Å². The molecule has 3 aromatic carbocycles. The van der Waals surface area contributed by atoms with Crippen LogP contribution in [-0.2, 0) is 10.5 Å². The van der Waals surface area contributed by atoms with Crippen molar-refractivity contribution in [1.82, 2.24) is 0 Å². The average molecular weight is 394 g/mol. The van der Waals surface area contributed by atoms with Gasteiger partial charge in [-0.05, 0) is 48.9 Å². The Morgan fingerprint density at radius 1 is 0.929 bits per heavy atom. The van der Waals surface area contributed by atoms with Crippen LogP contribution < -0.4 is 14.8 Å². The predicted octanol–water partition coefficient (Wildman–Crippen LogP) is 5.39. The van der Waals surface area contributed by atoms with E-state index in [1.54, 1.807) is 37.9 Å². The molecular weight excluding hydrogens is 370 g/mol. The van der Waals surface area contributed by atoms with Crippen LogP contribution in [0.5, 0.6) is 11.5 Å². The van der Waals surface area contributed by atoms with Gasteiger partial charge in [0.2, 0.25) is 0 Å². The minimum absolute atomic E-state index is 0.211. The third kappa shape index (κ3) is 5.54. The summed E-state index contributed by atoms with van der Waals surface area (Å²) >= 11 is 1.78. The molecule has 0 saturated heterocycles. The number of carbonyl (C=O) groups excluding carboxylic acids is 1. The SMILES string of the molecule is COc1ccccc1O[C@H](C)C(=O)Nc1ccc(CSc2ccccc2)cc1. The summed E-state index contributed by atoms with van der Waals surface area (Å²) in [6, 6.07) is 25.4. The molecule has 0 aromatic heterocycles. The van der Waals surface area contributed by atoms with Crippen LogP contribution in [0.4, 0.5) is 5.69 Å². The van der Waals surface area contributed by atoms with Crippen molar-refractivity contribution in [2.75, 3.05) is 12.4 Å². The number of thioether (sulfide) groups is 1. The second-order valence-electron chi connectivity index (χ2n) is 6.20. The summed E-state index contributed by atoms with van der Waals surface area (Å²) in [5.41, 5.74) is 1.94. The maximum atomic E-state index is 12.4. The second kappa shape index (κ2) is 9.85. The fourth-order valence-corrected chi connectivity index (χ4v) is 3.45. The lowest BCUT2D eigenvalue weighted by atomic mass is 10.2. The van der Waals surface area contributed by atoms with E-state index in [9.17, 15) is 4.79 Å². The summed E-state index contributed by atoms with van der Waals surface area (Å²) < 4.78 is 11.0. The standard InChI is InChI=1S/C23H23NO3S/c1-17(27-22-11-7-6-10-21(22)26-2)23(25)24-19-14-12-18(13-15-19)16-28-20-8-4-3-5-9-20/h3-15,17H,16H2,1-2H3,(H,24,25)/t17-/m1/s1. The molecular formula is C23H23NO3S. The van der Waals surface area contributed by atoms with E-state index in [1.807, 2.05) is 54.6 Å². The number of nitrogens with one attached hydrogen (secondary N) is 1. The Bertz CT molecular complexity index is 897. The third-order valence-corrected chi connectivity index (χ3v) is 5.20. The van der Waals surface area contributed by atoms with Gasteiger partial charge in [0.25, 0.3) is 5.91 Å². The number of anilines is 1. The van der Waals surface area contributed by atoms with Gasteiger partial charge < -0.3 is 14.8 Å². The van der Waals surface area contributed by atoms with Crippen molar-refractivity contribution in [3.8, 4) is 11.5 Å². The van der Waals surface area contributed by atoms with E-state index in [-0.39, 0.29) is 5.91 Å². The molecule has 0 aliphatic rings. The smallest absolute Gasteiger partial charge is 0.265 e. The quantitative estimate of drug-likeness (QED) is 0.521. The number of ether oxygens (including phenoxy) is 2. The molecule has 1 N–H and O–H groups in total. The lowest BCUT2D eigenvalue weighted by Crippen LogP contribution is -2.30. The van der Waals surface area contributed by atoms with E-state index in [4.69, 9.17) is 9.47 Å². The zero-order chi connectivity index (χ0) is 19.8. The van der Waals surface area contributed by atoms with Crippen molar-refractivity contribution in [3.63, 3.8) is 0 Å². The highest BCUT2D eigenvalue weighted by Crippen LogP contribution is 2.27. The Labute approximate surface area is 169 Å². The number of hydrogen-bond donors (Lipinski definition) is 1. The first kappa shape index (κ1) is 19.8. The van der Waals surface area contributed by atoms with Crippen LogP contribution >= 0.6 is 11.8 Å². The van der Waals surface area contributed by atoms with Gasteiger partial charge in [-0.2, -0.15) is 0 Å². The molecule has 1 amide bonds. The van der Waals surface area contributed by atoms with Crippen molar-refractivity contribution < 1.29 is 14.3 Å². The summed E-state index contributed by atoms with van der Waals surface area (Å²) in [5, 5.41) is 2.89. The molecule has 3 aromatic rings. The van der Waals surface area contributed by atoms with Crippen LogP contribution in [0.15, 0.2) is 83.8 Å². The van der Waals surface area contributed by atoms with Crippen molar-refractivity contribution in [1.29, 1.82) is 0 Å². The molecule has 1 atom stereocenters. The zero-order valence-electron chi connectivity index (χ0n) is 15.9. The molecule has 0 aliphatic heterocycles. The van der Waals surface area contributed by atoms with Gasteiger partial charge in [0.1, 0.15) is 0 Å². The van der Waals surface area contributed by atoms with Gasteiger partial charge in [0.15, 0.2) is 17.6 Å². The van der Waals surface area contributed by atoms with E-state index in [0.717, 1.165) is 11.4 Å². The molecule has 0 spiro atoms. The first-order valence-electron chi connectivity index (χ1n) is 9.03. The fraction of sp³-hybridized carbons (Fsp3) is 0.174. The first-order chi connectivity index (χ1) is 13.7. The topological polar surface area (TPSA) is 47.6 Å². The minimum atomic E-state index is -0.649. The molecule has 5 heteroatoms. The van der Waals surface area contributed by atoms with Crippen molar-refractivity contribution in [3.05, 3.63) is 84.4 Å². The van der Waals surface area contributed by atoms with Crippen LogP contribution in [0, 0.1) is 0 Å². The van der Waals surface area contributed by atoms with E-state index < -0.39 is 6.10 Å². The Balaban J connectivity index is 1.53. The van der Waals surface area contributed by atoms with Crippen LogP contribution in [0.3, 0.4) is 0 Å². The summed E-state index contributed by atoms with van der Waals surface area (Å²) in [6.45, 7) is 1.71. The largest absolute Gasteiger partial charge is 0.493 e. The molecule has 0 radical (unpaired) electrons. The molecule has 0 saturated carbocycles.